The number of rotatable bonds is 11. The summed E-state index contributed by atoms with van der Waals surface area (Å²) < 4.78 is 6.66. The number of piperazine rings is 1. The molecule has 11 heteroatoms. The zero-order valence-corrected chi connectivity index (χ0v) is 27.0. The summed E-state index contributed by atoms with van der Waals surface area (Å²) in [5.41, 5.74) is 3.76. The number of ether oxygens (including phenoxy) is 1. The standard InChI is InChI=1S/C34H43N7O4/c1-8-25-11-12-28(37-18-25)30(20-40-13-14-41(23(6)19-40)31(42)9-2)45-29-15-21(4)26(16-27(29)33(43)35-10-3)34(44)39-32-22(5)17-36-24(7)38-32/h9,11-12,15-18,23,30H,2,8,10,13-14,19-20H2,1,3-7H3,(H,35,43)(H,36,38,39,44)/t23-,30+/m1/s1. The number of hydrogen-bond donors (Lipinski definition) is 2. The first-order valence-corrected chi connectivity index (χ1v) is 15.4. The van der Waals surface area contributed by atoms with E-state index in [0.717, 1.165) is 23.2 Å². The zero-order valence-electron chi connectivity index (χ0n) is 27.0. The summed E-state index contributed by atoms with van der Waals surface area (Å²) in [5, 5.41) is 5.71. The molecule has 0 aliphatic carbocycles. The molecule has 11 nitrogen and oxygen atoms in total. The van der Waals surface area contributed by atoms with Crippen LogP contribution in [0.2, 0.25) is 0 Å². The van der Waals surface area contributed by atoms with Gasteiger partial charge in [-0.05, 0) is 76.4 Å². The van der Waals surface area contributed by atoms with Gasteiger partial charge < -0.3 is 20.3 Å². The van der Waals surface area contributed by atoms with Crippen LogP contribution in [-0.4, -0.2) is 81.2 Å². The van der Waals surface area contributed by atoms with Gasteiger partial charge in [0.2, 0.25) is 5.91 Å². The van der Waals surface area contributed by atoms with E-state index in [0.29, 0.717) is 61.2 Å². The minimum atomic E-state index is -0.524. The van der Waals surface area contributed by atoms with E-state index in [1.54, 1.807) is 25.3 Å². The highest BCUT2D eigenvalue weighted by atomic mass is 16.5. The summed E-state index contributed by atoms with van der Waals surface area (Å²) in [6.45, 7) is 17.7. The topological polar surface area (TPSA) is 130 Å². The second-order valence-corrected chi connectivity index (χ2v) is 11.3. The van der Waals surface area contributed by atoms with E-state index in [2.05, 4.69) is 39.0 Å². The zero-order chi connectivity index (χ0) is 32.7. The van der Waals surface area contributed by atoms with Crippen molar-refractivity contribution in [1.29, 1.82) is 0 Å². The summed E-state index contributed by atoms with van der Waals surface area (Å²) in [4.78, 5) is 56.4. The summed E-state index contributed by atoms with van der Waals surface area (Å²) in [6, 6.07) is 7.28. The number of nitrogens with zero attached hydrogens (tertiary/aromatic N) is 5. The van der Waals surface area contributed by atoms with Crippen LogP contribution in [0.4, 0.5) is 5.82 Å². The molecule has 1 aliphatic rings. The Bertz CT molecular complexity index is 1560. The van der Waals surface area contributed by atoms with Crippen molar-refractivity contribution in [3.05, 3.63) is 88.6 Å². The molecule has 3 heterocycles. The SMILES string of the molecule is C=CC(=O)N1CCN(C[C@H](Oc2cc(C)c(C(=O)Nc3nc(C)ncc3C)cc2C(=O)NCC)c2ccc(CC)cn2)C[C@H]1C. The summed E-state index contributed by atoms with van der Waals surface area (Å²) in [6.07, 6.45) is 5.18. The van der Waals surface area contributed by atoms with Crippen LogP contribution >= 0.6 is 0 Å². The highest BCUT2D eigenvalue weighted by molar-refractivity contribution is 6.07. The van der Waals surface area contributed by atoms with Crippen molar-refractivity contribution in [1.82, 2.24) is 30.1 Å². The van der Waals surface area contributed by atoms with Crippen molar-refractivity contribution in [2.45, 2.75) is 60.1 Å². The lowest BCUT2D eigenvalue weighted by Gasteiger charge is -2.40. The van der Waals surface area contributed by atoms with Gasteiger partial charge >= 0.3 is 0 Å². The van der Waals surface area contributed by atoms with E-state index in [9.17, 15) is 14.4 Å². The average Bonchev–Trinajstić information content (AvgIpc) is 3.02. The molecule has 3 aromatic rings. The number of carbonyl (C=O) groups is 3. The van der Waals surface area contributed by atoms with Gasteiger partial charge in [0.15, 0.2) is 6.10 Å². The van der Waals surface area contributed by atoms with Crippen molar-refractivity contribution in [2.75, 3.05) is 38.0 Å². The second-order valence-electron chi connectivity index (χ2n) is 11.3. The van der Waals surface area contributed by atoms with E-state index in [1.165, 1.54) is 6.08 Å². The van der Waals surface area contributed by atoms with Gasteiger partial charge in [-0.1, -0.05) is 19.6 Å². The molecule has 0 saturated carbocycles. The van der Waals surface area contributed by atoms with Gasteiger partial charge in [0.05, 0.1) is 11.3 Å². The number of amides is 3. The van der Waals surface area contributed by atoms with Gasteiger partial charge in [0, 0.05) is 62.3 Å². The van der Waals surface area contributed by atoms with Crippen LogP contribution in [0.3, 0.4) is 0 Å². The van der Waals surface area contributed by atoms with E-state index < -0.39 is 6.10 Å². The predicted molar refractivity (Wildman–Crippen MR) is 173 cm³/mol. The molecule has 2 N–H and O–H groups in total. The molecule has 1 aromatic carbocycles. The second kappa shape index (κ2) is 14.9. The quantitative estimate of drug-likeness (QED) is 0.308. The first-order chi connectivity index (χ1) is 21.5. The molecule has 4 rings (SSSR count). The fraction of sp³-hybridized carbons (Fsp3) is 0.412. The molecule has 1 aliphatic heterocycles. The van der Waals surface area contributed by atoms with Crippen LogP contribution in [0, 0.1) is 20.8 Å². The van der Waals surface area contributed by atoms with Crippen molar-refractivity contribution in [2.24, 2.45) is 0 Å². The molecule has 2 aromatic heterocycles. The largest absolute Gasteiger partial charge is 0.482 e. The summed E-state index contributed by atoms with van der Waals surface area (Å²) in [5.74, 6) is 0.479. The Hall–Kier alpha value is -4.64. The van der Waals surface area contributed by atoms with Crippen LogP contribution < -0.4 is 15.4 Å². The highest BCUT2D eigenvalue weighted by Crippen LogP contribution is 2.30. The molecule has 45 heavy (non-hydrogen) atoms. The Morgan fingerprint density at radius 3 is 2.47 bits per heavy atom. The number of hydrogen-bond acceptors (Lipinski definition) is 8. The third-order valence-corrected chi connectivity index (χ3v) is 7.93. The fourth-order valence-electron chi connectivity index (χ4n) is 5.35. The molecule has 238 valence electrons. The van der Waals surface area contributed by atoms with E-state index in [-0.39, 0.29) is 29.3 Å². The Labute approximate surface area is 265 Å². The van der Waals surface area contributed by atoms with Crippen LogP contribution in [0.1, 0.15) is 75.8 Å². The van der Waals surface area contributed by atoms with Crippen molar-refractivity contribution in [3.63, 3.8) is 0 Å². The van der Waals surface area contributed by atoms with Crippen LogP contribution in [0.15, 0.2) is 49.3 Å². The number of carbonyl (C=O) groups excluding carboxylic acids is 3. The first kappa shape index (κ1) is 33.3. The molecule has 1 saturated heterocycles. The van der Waals surface area contributed by atoms with Crippen molar-refractivity contribution in [3.8, 4) is 5.75 Å². The molecule has 1 fully saturated rings. The molecule has 0 spiro atoms. The lowest BCUT2D eigenvalue weighted by Crippen LogP contribution is -2.54. The third-order valence-electron chi connectivity index (χ3n) is 7.93. The maximum absolute atomic E-state index is 13.4. The lowest BCUT2D eigenvalue weighted by molar-refractivity contribution is -0.130. The normalized spacial score (nSPS) is 15.7. The van der Waals surface area contributed by atoms with Crippen molar-refractivity contribution < 1.29 is 19.1 Å². The monoisotopic (exact) mass is 613 g/mol. The highest BCUT2D eigenvalue weighted by Gasteiger charge is 2.30. The minimum absolute atomic E-state index is 0.00595. The first-order valence-electron chi connectivity index (χ1n) is 15.4. The summed E-state index contributed by atoms with van der Waals surface area (Å²) in [7, 11) is 0. The van der Waals surface area contributed by atoms with Gasteiger partial charge in [0.1, 0.15) is 17.4 Å². The van der Waals surface area contributed by atoms with Crippen LogP contribution in [0.5, 0.6) is 5.75 Å². The Balaban J connectivity index is 1.67. The smallest absolute Gasteiger partial charge is 0.257 e. The van der Waals surface area contributed by atoms with Crippen LogP contribution in [0.25, 0.3) is 0 Å². The van der Waals surface area contributed by atoms with Gasteiger partial charge in [-0.2, -0.15) is 0 Å². The molecule has 3 amide bonds. The number of aryl methyl sites for hydroxylation is 4. The number of aromatic nitrogens is 3. The van der Waals surface area contributed by atoms with Gasteiger partial charge in [-0.25, -0.2) is 9.97 Å². The van der Waals surface area contributed by atoms with Crippen LogP contribution in [-0.2, 0) is 11.2 Å². The lowest BCUT2D eigenvalue weighted by atomic mass is 10.0. The number of anilines is 1. The summed E-state index contributed by atoms with van der Waals surface area (Å²) >= 11 is 0. The number of benzene rings is 1. The Morgan fingerprint density at radius 1 is 1.04 bits per heavy atom. The molecule has 0 unspecified atom stereocenters. The maximum atomic E-state index is 13.4. The predicted octanol–water partition coefficient (Wildman–Crippen LogP) is 4.20. The molecule has 2 atom stereocenters. The Kier molecular flexibility index (Phi) is 11.0. The Morgan fingerprint density at radius 2 is 1.82 bits per heavy atom. The number of nitrogens with one attached hydrogen (secondary N) is 2. The van der Waals surface area contributed by atoms with E-state index >= 15 is 0 Å². The fourth-order valence-corrected chi connectivity index (χ4v) is 5.35. The molecule has 0 bridgehead atoms. The number of pyridine rings is 1. The van der Waals surface area contributed by atoms with E-state index in [1.807, 2.05) is 50.9 Å². The van der Waals surface area contributed by atoms with E-state index in [4.69, 9.17) is 9.72 Å². The minimum Gasteiger partial charge on any atom is -0.482 e. The van der Waals surface area contributed by atoms with Gasteiger partial charge in [0.25, 0.3) is 11.8 Å². The van der Waals surface area contributed by atoms with Gasteiger partial charge in [-0.3, -0.25) is 24.3 Å². The van der Waals surface area contributed by atoms with Crippen molar-refractivity contribution >= 4 is 23.5 Å². The van der Waals surface area contributed by atoms with Gasteiger partial charge in [-0.15, -0.1) is 0 Å². The molecular formula is C34H43N7O4. The third kappa shape index (κ3) is 8.10. The maximum Gasteiger partial charge on any atom is 0.257 e. The molecule has 0 radical (unpaired) electrons. The average molecular weight is 614 g/mol. The molecular weight excluding hydrogens is 570 g/mol.